The molecule has 12 heavy (non-hydrogen) atoms. The number of aliphatic hydroxyl groups is 1. The van der Waals surface area contributed by atoms with Crippen LogP contribution in [0, 0.1) is 0 Å². The van der Waals surface area contributed by atoms with Crippen LogP contribution in [-0.4, -0.2) is 17.7 Å². The van der Waals surface area contributed by atoms with Crippen molar-refractivity contribution in [2.75, 3.05) is 6.61 Å². The third kappa shape index (κ3) is 5.92. The third-order valence-corrected chi connectivity index (χ3v) is 1.68. The summed E-state index contributed by atoms with van der Waals surface area (Å²) in [6.45, 7) is 3.57. The second kappa shape index (κ2) is 6.85. The second-order valence-corrected chi connectivity index (χ2v) is 2.78. The number of carboxylic acids is 1. The zero-order valence-electron chi connectivity index (χ0n) is 7.21. The Kier molecular flexibility index (Phi) is 6.38. The summed E-state index contributed by atoms with van der Waals surface area (Å²) < 4.78 is 0. The Morgan fingerprint density at radius 1 is 1.25 bits per heavy atom. The highest BCUT2D eigenvalue weighted by Gasteiger charge is 1.94. The van der Waals surface area contributed by atoms with E-state index in [2.05, 4.69) is 6.58 Å². The molecule has 0 saturated heterocycles. The van der Waals surface area contributed by atoms with Gasteiger partial charge in [0.1, 0.15) is 0 Å². The van der Waals surface area contributed by atoms with Gasteiger partial charge in [-0.25, -0.2) is 0 Å². The average molecular weight is 171 g/mol. The number of carboxylic acid groups (broad SMARTS) is 1. The van der Waals surface area contributed by atoms with Gasteiger partial charge in [0.15, 0.2) is 0 Å². The van der Waals surface area contributed by atoms with Gasteiger partial charge in [0.25, 0.3) is 0 Å². The number of unbranched alkanes of at least 4 members (excludes halogenated alkanes) is 3. The average Bonchev–Trinajstić information content (AvgIpc) is 2.03. The molecule has 0 saturated carbocycles. The Bertz CT molecular complexity index is 152. The lowest BCUT2D eigenvalue weighted by Crippen LogP contribution is -2.23. The monoisotopic (exact) mass is 171 g/mol. The molecule has 0 fully saturated rings. The molecule has 0 radical (unpaired) electrons. The third-order valence-electron chi connectivity index (χ3n) is 1.68. The van der Waals surface area contributed by atoms with Crippen LogP contribution in [0.3, 0.4) is 0 Å². The molecule has 0 heterocycles. The van der Waals surface area contributed by atoms with E-state index in [1.165, 1.54) is 0 Å². The molecule has 0 spiro atoms. The lowest BCUT2D eigenvalue weighted by atomic mass is 10.1. The van der Waals surface area contributed by atoms with Crippen molar-refractivity contribution in [3.05, 3.63) is 12.2 Å². The van der Waals surface area contributed by atoms with Crippen LogP contribution in [0.1, 0.15) is 32.1 Å². The minimum Gasteiger partial charge on any atom is -0.545 e. The molecule has 0 aliphatic rings. The Morgan fingerprint density at radius 3 is 2.33 bits per heavy atom. The molecule has 0 aliphatic carbocycles. The predicted molar refractivity (Wildman–Crippen MR) is 44.3 cm³/mol. The summed E-state index contributed by atoms with van der Waals surface area (Å²) >= 11 is 0. The first-order chi connectivity index (χ1) is 5.68. The summed E-state index contributed by atoms with van der Waals surface area (Å²) in [4.78, 5) is 10.2. The first-order valence-corrected chi connectivity index (χ1v) is 4.18. The van der Waals surface area contributed by atoms with Crippen molar-refractivity contribution < 1.29 is 15.0 Å². The number of carbonyl (C=O) groups excluding carboxylic acids is 1. The molecular weight excluding hydrogens is 156 g/mol. The van der Waals surface area contributed by atoms with Gasteiger partial charge in [-0.15, -0.1) is 0 Å². The van der Waals surface area contributed by atoms with Crippen LogP contribution < -0.4 is 5.11 Å². The van der Waals surface area contributed by atoms with Gasteiger partial charge in [0, 0.05) is 6.61 Å². The number of rotatable bonds is 7. The molecule has 1 N–H and O–H groups in total. The normalized spacial score (nSPS) is 9.75. The molecule has 0 bridgehead atoms. The maximum atomic E-state index is 10.2. The van der Waals surface area contributed by atoms with Crippen LogP contribution in [0.5, 0.6) is 0 Å². The fraction of sp³-hybridized carbons (Fsp3) is 0.667. The maximum absolute atomic E-state index is 10.2. The van der Waals surface area contributed by atoms with Crippen LogP contribution in [0.25, 0.3) is 0 Å². The topological polar surface area (TPSA) is 60.4 Å². The van der Waals surface area contributed by atoms with E-state index in [-0.39, 0.29) is 12.2 Å². The Labute approximate surface area is 72.7 Å². The van der Waals surface area contributed by atoms with E-state index in [0.717, 1.165) is 25.7 Å². The molecule has 0 aromatic rings. The quantitative estimate of drug-likeness (QED) is 0.441. The van der Waals surface area contributed by atoms with E-state index in [4.69, 9.17) is 5.11 Å². The number of aliphatic hydroxyl groups excluding tert-OH is 1. The Morgan fingerprint density at radius 2 is 1.83 bits per heavy atom. The number of hydrogen-bond donors (Lipinski definition) is 1. The summed E-state index contributed by atoms with van der Waals surface area (Å²) in [7, 11) is 0. The summed E-state index contributed by atoms with van der Waals surface area (Å²) in [5, 5.41) is 18.6. The maximum Gasteiger partial charge on any atom is 0.0668 e. The van der Waals surface area contributed by atoms with E-state index >= 15 is 0 Å². The molecule has 0 unspecified atom stereocenters. The molecular formula is C9H15O3-. The predicted octanol–water partition coefficient (Wildman–Crippen LogP) is 0.235. The van der Waals surface area contributed by atoms with Crippen molar-refractivity contribution in [3.63, 3.8) is 0 Å². The van der Waals surface area contributed by atoms with E-state index in [1.807, 2.05) is 0 Å². The molecule has 3 heteroatoms. The largest absolute Gasteiger partial charge is 0.545 e. The van der Waals surface area contributed by atoms with Crippen LogP contribution in [0.4, 0.5) is 0 Å². The summed E-state index contributed by atoms with van der Waals surface area (Å²) in [5.41, 5.74) is 0.166. The number of hydrogen-bond acceptors (Lipinski definition) is 3. The van der Waals surface area contributed by atoms with Gasteiger partial charge in [-0.2, -0.15) is 0 Å². The van der Waals surface area contributed by atoms with Crippen LogP contribution in [-0.2, 0) is 4.79 Å². The van der Waals surface area contributed by atoms with Crippen LogP contribution in [0.2, 0.25) is 0 Å². The standard InChI is InChI=1S/C9H16O3/c1-8(9(11)12)6-4-2-3-5-7-10/h10H,1-7H2,(H,11,12)/p-1. The van der Waals surface area contributed by atoms with Crippen LogP contribution >= 0.6 is 0 Å². The summed E-state index contributed by atoms with van der Waals surface area (Å²) in [6, 6.07) is 0. The minimum absolute atomic E-state index is 0.166. The van der Waals surface area contributed by atoms with E-state index in [1.54, 1.807) is 0 Å². The van der Waals surface area contributed by atoms with Gasteiger partial charge in [-0.05, 0) is 24.8 Å². The molecule has 0 rings (SSSR count). The highest BCUT2D eigenvalue weighted by molar-refractivity contribution is 5.83. The second-order valence-electron chi connectivity index (χ2n) is 2.78. The van der Waals surface area contributed by atoms with Crippen molar-refractivity contribution in [2.24, 2.45) is 0 Å². The minimum atomic E-state index is -1.16. The van der Waals surface area contributed by atoms with Gasteiger partial charge in [0.05, 0.1) is 5.97 Å². The van der Waals surface area contributed by atoms with Crippen molar-refractivity contribution in [3.8, 4) is 0 Å². The summed E-state index contributed by atoms with van der Waals surface area (Å²) in [5.74, 6) is -1.16. The molecule has 0 atom stereocenters. The Hall–Kier alpha value is -0.830. The number of carbonyl (C=O) groups is 1. The first kappa shape index (κ1) is 11.2. The molecule has 0 aromatic carbocycles. The summed E-state index contributed by atoms with van der Waals surface area (Å²) in [6.07, 6.45) is 3.97. The van der Waals surface area contributed by atoms with Gasteiger partial charge >= 0.3 is 0 Å². The molecule has 70 valence electrons. The van der Waals surface area contributed by atoms with Gasteiger partial charge in [-0.1, -0.05) is 19.4 Å². The lowest BCUT2D eigenvalue weighted by Gasteiger charge is -2.05. The Balaban J connectivity index is 3.20. The van der Waals surface area contributed by atoms with Crippen molar-refractivity contribution in [1.29, 1.82) is 0 Å². The molecule has 3 nitrogen and oxygen atoms in total. The van der Waals surface area contributed by atoms with Crippen molar-refractivity contribution in [1.82, 2.24) is 0 Å². The lowest BCUT2D eigenvalue weighted by molar-refractivity contribution is -0.299. The van der Waals surface area contributed by atoms with E-state index < -0.39 is 5.97 Å². The van der Waals surface area contributed by atoms with E-state index in [9.17, 15) is 9.90 Å². The molecule has 0 aromatic heterocycles. The van der Waals surface area contributed by atoms with Gasteiger partial charge in [0.2, 0.25) is 0 Å². The van der Waals surface area contributed by atoms with Gasteiger partial charge < -0.3 is 15.0 Å². The fourth-order valence-electron chi connectivity index (χ4n) is 0.906. The zero-order chi connectivity index (χ0) is 9.40. The van der Waals surface area contributed by atoms with Crippen molar-refractivity contribution in [2.45, 2.75) is 32.1 Å². The van der Waals surface area contributed by atoms with E-state index in [0.29, 0.717) is 6.42 Å². The highest BCUT2D eigenvalue weighted by atomic mass is 16.4. The van der Waals surface area contributed by atoms with Crippen LogP contribution in [0.15, 0.2) is 12.2 Å². The fourth-order valence-corrected chi connectivity index (χ4v) is 0.906. The van der Waals surface area contributed by atoms with Crippen molar-refractivity contribution >= 4 is 5.97 Å². The molecule has 0 amide bonds. The van der Waals surface area contributed by atoms with Gasteiger partial charge in [-0.3, -0.25) is 0 Å². The SMILES string of the molecule is C=C(CCCCCCO)C(=O)[O-]. The zero-order valence-corrected chi connectivity index (χ0v) is 7.21. The smallest absolute Gasteiger partial charge is 0.0668 e. The molecule has 0 aliphatic heterocycles. The number of aliphatic carboxylic acids is 1. The first-order valence-electron chi connectivity index (χ1n) is 4.18. The highest BCUT2D eigenvalue weighted by Crippen LogP contribution is 2.07.